The van der Waals surface area contributed by atoms with Crippen molar-refractivity contribution in [3.63, 3.8) is 0 Å². The number of aromatic nitrogens is 2. The maximum atomic E-state index is 12.0. The lowest BCUT2D eigenvalue weighted by Gasteiger charge is -2.26. The fourth-order valence-electron chi connectivity index (χ4n) is 3.22. The first-order chi connectivity index (χ1) is 15.5. The molecule has 0 bridgehead atoms. The third-order valence-corrected chi connectivity index (χ3v) is 5.02. The Balaban J connectivity index is 1.74. The summed E-state index contributed by atoms with van der Waals surface area (Å²) in [6.07, 6.45) is 1.30. The van der Waals surface area contributed by atoms with Crippen LogP contribution in [0, 0.1) is 24.0 Å². The number of hydrazine groups is 1. The number of nitrogens with zero attached hydrogens (tertiary/aromatic N) is 4. The molecule has 0 fully saturated rings. The second kappa shape index (κ2) is 9.13. The second-order valence-electron chi connectivity index (χ2n) is 7.22. The summed E-state index contributed by atoms with van der Waals surface area (Å²) >= 11 is 0. The van der Waals surface area contributed by atoms with Crippen molar-refractivity contribution >= 4 is 34.4 Å². The minimum absolute atomic E-state index is 0.0732. The molecule has 32 heavy (non-hydrogen) atoms. The van der Waals surface area contributed by atoms with E-state index in [1.54, 1.807) is 5.01 Å². The summed E-state index contributed by atoms with van der Waals surface area (Å²) in [6.45, 7) is 4.00. The van der Waals surface area contributed by atoms with E-state index in [1.807, 2.05) is 92.7 Å². The zero-order valence-electron chi connectivity index (χ0n) is 17.7. The summed E-state index contributed by atoms with van der Waals surface area (Å²) in [4.78, 5) is 19.9. The van der Waals surface area contributed by atoms with E-state index in [0.29, 0.717) is 5.69 Å². The first-order valence-electron chi connectivity index (χ1n) is 10.0. The van der Waals surface area contributed by atoms with Gasteiger partial charge in [0.1, 0.15) is 6.33 Å². The van der Waals surface area contributed by atoms with Gasteiger partial charge in [0.2, 0.25) is 11.6 Å². The normalized spacial score (nSPS) is 10.4. The molecule has 160 valence electrons. The molecule has 1 heterocycles. The Kier molecular flexibility index (Phi) is 5.94. The van der Waals surface area contributed by atoms with Crippen molar-refractivity contribution in [2.45, 2.75) is 13.8 Å². The molecule has 0 spiro atoms. The van der Waals surface area contributed by atoms with Crippen LogP contribution in [-0.2, 0) is 0 Å². The molecule has 0 aliphatic rings. The minimum atomic E-state index is -0.486. The second-order valence-corrected chi connectivity index (χ2v) is 7.22. The van der Waals surface area contributed by atoms with Crippen LogP contribution >= 0.6 is 0 Å². The molecule has 0 amide bonds. The molecular formula is C24H22N6O2. The summed E-state index contributed by atoms with van der Waals surface area (Å²) in [5.74, 6) is 0.181. The van der Waals surface area contributed by atoms with Gasteiger partial charge in [-0.25, -0.2) is 9.97 Å². The number of rotatable bonds is 7. The molecule has 0 atom stereocenters. The predicted molar refractivity (Wildman–Crippen MR) is 127 cm³/mol. The van der Waals surface area contributed by atoms with Crippen molar-refractivity contribution in [2.75, 3.05) is 15.8 Å². The molecule has 0 aliphatic heterocycles. The van der Waals surface area contributed by atoms with Gasteiger partial charge in [0.25, 0.3) is 0 Å². The van der Waals surface area contributed by atoms with Gasteiger partial charge in [0.05, 0.1) is 16.3 Å². The molecule has 2 N–H and O–H groups in total. The lowest BCUT2D eigenvalue weighted by molar-refractivity contribution is -0.383. The maximum Gasteiger partial charge on any atom is 0.355 e. The molecule has 8 heteroatoms. The Hall–Kier alpha value is -4.46. The van der Waals surface area contributed by atoms with Gasteiger partial charge in [-0.2, -0.15) is 0 Å². The number of hydrogen-bond donors (Lipinski definition) is 2. The van der Waals surface area contributed by atoms with Gasteiger partial charge in [-0.3, -0.25) is 20.5 Å². The average molecular weight is 426 g/mol. The van der Waals surface area contributed by atoms with Crippen molar-refractivity contribution in [1.82, 2.24) is 9.97 Å². The van der Waals surface area contributed by atoms with Crippen LogP contribution < -0.4 is 15.8 Å². The van der Waals surface area contributed by atoms with Gasteiger partial charge in [-0.15, -0.1) is 0 Å². The molecule has 8 nitrogen and oxygen atoms in total. The van der Waals surface area contributed by atoms with Crippen molar-refractivity contribution in [3.8, 4) is 0 Å². The zero-order chi connectivity index (χ0) is 22.5. The highest BCUT2D eigenvalue weighted by Crippen LogP contribution is 2.34. The van der Waals surface area contributed by atoms with Crippen LogP contribution in [0.25, 0.3) is 0 Å². The molecule has 0 saturated carbocycles. The van der Waals surface area contributed by atoms with E-state index >= 15 is 0 Å². The van der Waals surface area contributed by atoms with E-state index in [2.05, 4.69) is 20.7 Å². The minimum Gasteiger partial charge on any atom is -0.334 e. The van der Waals surface area contributed by atoms with E-state index in [4.69, 9.17) is 0 Å². The topological polar surface area (TPSA) is 96.2 Å². The Labute approximate surface area is 185 Å². The van der Waals surface area contributed by atoms with Crippen LogP contribution in [0.15, 0.2) is 85.2 Å². The number of aryl methyl sites for hydroxylation is 2. The van der Waals surface area contributed by atoms with Gasteiger partial charge in [0, 0.05) is 5.69 Å². The zero-order valence-corrected chi connectivity index (χ0v) is 17.7. The van der Waals surface area contributed by atoms with Gasteiger partial charge in [0.15, 0.2) is 0 Å². The highest BCUT2D eigenvalue weighted by atomic mass is 16.6. The highest BCUT2D eigenvalue weighted by molar-refractivity contribution is 5.77. The molecule has 0 unspecified atom stereocenters. The Morgan fingerprint density at radius 2 is 1.41 bits per heavy atom. The van der Waals surface area contributed by atoms with Crippen LogP contribution in [-0.4, -0.2) is 14.9 Å². The van der Waals surface area contributed by atoms with Crippen LogP contribution in [0.2, 0.25) is 0 Å². The van der Waals surface area contributed by atoms with Crippen LogP contribution in [0.3, 0.4) is 0 Å². The van der Waals surface area contributed by atoms with E-state index in [0.717, 1.165) is 22.5 Å². The molecular weight excluding hydrogens is 404 g/mol. The van der Waals surface area contributed by atoms with Gasteiger partial charge < -0.3 is 5.32 Å². The van der Waals surface area contributed by atoms with E-state index in [-0.39, 0.29) is 17.3 Å². The summed E-state index contributed by atoms with van der Waals surface area (Å²) in [5, 5.41) is 16.8. The fraction of sp³-hybridized carbons (Fsp3) is 0.0833. The van der Waals surface area contributed by atoms with Crippen LogP contribution in [0.5, 0.6) is 0 Å². The van der Waals surface area contributed by atoms with Crippen LogP contribution in [0.1, 0.15) is 11.1 Å². The Morgan fingerprint density at radius 3 is 1.97 bits per heavy atom. The predicted octanol–water partition coefficient (Wildman–Crippen LogP) is 5.91. The van der Waals surface area contributed by atoms with Gasteiger partial charge >= 0.3 is 5.69 Å². The largest absolute Gasteiger partial charge is 0.355 e. The first-order valence-corrected chi connectivity index (χ1v) is 10.0. The number of hydrogen-bond acceptors (Lipinski definition) is 7. The smallest absolute Gasteiger partial charge is 0.334 e. The SMILES string of the molecule is Cc1ccc(Nc2ncnc(NN(c3ccccc3)c3ccccc3)c2[N+](=O)[O-])cc1C. The van der Waals surface area contributed by atoms with Crippen molar-refractivity contribution in [3.05, 3.63) is 106 Å². The molecule has 1 aromatic heterocycles. The average Bonchev–Trinajstić information content (AvgIpc) is 2.81. The lowest BCUT2D eigenvalue weighted by atomic mass is 10.1. The quantitative estimate of drug-likeness (QED) is 0.280. The summed E-state index contributed by atoms with van der Waals surface area (Å²) < 4.78 is 0. The van der Waals surface area contributed by atoms with E-state index in [1.165, 1.54) is 6.33 Å². The molecule has 4 aromatic rings. The number of nitro groups is 1. The fourth-order valence-corrected chi connectivity index (χ4v) is 3.22. The monoisotopic (exact) mass is 426 g/mol. The molecule has 0 radical (unpaired) electrons. The summed E-state index contributed by atoms with van der Waals surface area (Å²) in [6, 6.07) is 24.8. The molecule has 0 saturated heterocycles. The third kappa shape index (κ3) is 4.49. The van der Waals surface area contributed by atoms with Crippen molar-refractivity contribution < 1.29 is 4.92 Å². The van der Waals surface area contributed by atoms with E-state index < -0.39 is 4.92 Å². The number of nitrogens with one attached hydrogen (secondary N) is 2. The molecule has 4 rings (SSSR count). The van der Waals surface area contributed by atoms with Crippen molar-refractivity contribution in [2.24, 2.45) is 0 Å². The van der Waals surface area contributed by atoms with Crippen LogP contribution in [0.4, 0.5) is 34.4 Å². The lowest BCUT2D eigenvalue weighted by Crippen LogP contribution is -2.26. The standard InChI is InChI=1S/C24H22N6O2/c1-17-13-14-19(15-18(17)2)27-23-22(30(31)32)24(26-16-25-23)28-29(20-9-5-3-6-10-20)21-11-7-4-8-12-21/h3-16H,1-2H3,(H2,25,26,27,28). The van der Waals surface area contributed by atoms with E-state index in [9.17, 15) is 10.1 Å². The highest BCUT2D eigenvalue weighted by Gasteiger charge is 2.25. The third-order valence-electron chi connectivity index (χ3n) is 5.02. The maximum absolute atomic E-state index is 12.0. The summed E-state index contributed by atoms with van der Waals surface area (Å²) in [7, 11) is 0. The Morgan fingerprint density at radius 1 is 0.812 bits per heavy atom. The van der Waals surface area contributed by atoms with Crippen molar-refractivity contribution in [1.29, 1.82) is 0 Å². The summed E-state index contributed by atoms with van der Waals surface area (Å²) in [5.41, 5.74) is 7.38. The molecule has 0 aliphatic carbocycles. The number of benzene rings is 3. The van der Waals surface area contributed by atoms with Gasteiger partial charge in [-0.05, 0) is 61.4 Å². The molecule has 3 aromatic carbocycles. The van der Waals surface area contributed by atoms with Gasteiger partial charge in [-0.1, -0.05) is 42.5 Å². The first kappa shape index (κ1) is 20.8. The Bertz CT molecular complexity index is 1190. The number of anilines is 5. The number of para-hydroxylation sites is 2.